The van der Waals surface area contributed by atoms with Crippen molar-refractivity contribution in [3.05, 3.63) is 11.6 Å². The summed E-state index contributed by atoms with van der Waals surface area (Å²) in [6, 6.07) is -0.413. The van der Waals surface area contributed by atoms with Crippen LogP contribution in [-0.2, 0) is 9.59 Å². The van der Waals surface area contributed by atoms with E-state index in [2.05, 4.69) is 0 Å². The van der Waals surface area contributed by atoms with Gasteiger partial charge in [0.1, 0.15) is 0 Å². The van der Waals surface area contributed by atoms with Crippen LogP contribution >= 0.6 is 0 Å². The predicted molar refractivity (Wildman–Crippen MR) is 51.3 cm³/mol. The van der Waals surface area contributed by atoms with Crippen LogP contribution < -0.4 is 0 Å². The molecule has 1 heterocycles. The van der Waals surface area contributed by atoms with Gasteiger partial charge in [0, 0.05) is 11.6 Å². The average molecular weight is 197 g/mol. The van der Waals surface area contributed by atoms with E-state index < -0.39 is 6.04 Å². The smallest absolute Gasteiger partial charge is 0.256 e. The van der Waals surface area contributed by atoms with E-state index in [1.165, 1.54) is 6.08 Å². The zero-order valence-electron chi connectivity index (χ0n) is 8.65. The maximum Gasteiger partial charge on any atom is 0.256 e. The minimum atomic E-state index is -0.413. The van der Waals surface area contributed by atoms with Crippen molar-refractivity contribution < 1.29 is 14.7 Å². The monoisotopic (exact) mass is 197 g/mol. The van der Waals surface area contributed by atoms with Crippen molar-refractivity contribution in [2.75, 3.05) is 6.61 Å². The molecule has 2 amide bonds. The normalized spacial score (nSPS) is 19.2. The predicted octanol–water partition coefficient (Wildman–Crippen LogP) is 0.318. The van der Waals surface area contributed by atoms with E-state index in [0.29, 0.717) is 5.57 Å². The lowest BCUT2D eigenvalue weighted by atomic mass is 10.0. The van der Waals surface area contributed by atoms with Crippen LogP contribution in [0.15, 0.2) is 11.6 Å². The number of aliphatic hydroxyl groups is 1. The van der Waals surface area contributed by atoms with Crippen LogP contribution in [0.5, 0.6) is 0 Å². The van der Waals surface area contributed by atoms with E-state index >= 15 is 0 Å². The molecule has 0 fully saturated rings. The zero-order valence-corrected chi connectivity index (χ0v) is 8.65. The summed E-state index contributed by atoms with van der Waals surface area (Å²) in [5.41, 5.74) is 0.439. The van der Waals surface area contributed by atoms with Gasteiger partial charge >= 0.3 is 0 Å². The van der Waals surface area contributed by atoms with E-state index in [1.54, 1.807) is 6.92 Å². The molecule has 1 atom stereocenters. The lowest BCUT2D eigenvalue weighted by Crippen LogP contribution is -2.45. The number of hydrogen-bond acceptors (Lipinski definition) is 3. The zero-order chi connectivity index (χ0) is 10.9. The Labute approximate surface area is 83.2 Å². The van der Waals surface area contributed by atoms with Crippen LogP contribution in [0.25, 0.3) is 0 Å². The van der Waals surface area contributed by atoms with Gasteiger partial charge < -0.3 is 5.11 Å². The molecule has 0 aromatic carbocycles. The van der Waals surface area contributed by atoms with Gasteiger partial charge in [-0.2, -0.15) is 0 Å². The molecule has 0 aromatic rings. The van der Waals surface area contributed by atoms with Crippen LogP contribution in [0.2, 0.25) is 0 Å². The maximum atomic E-state index is 11.5. The summed E-state index contributed by atoms with van der Waals surface area (Å²) < 4.78 is 0. The molecule has 78 valence electrons. The third kappa shape index (κ3) is 1.70. The van der Waals surface area contributed by atoms with Gasteiger partial charge in [-0.3, -0.25) is 14.5 Å². The molecule has 0 bridgehead atoms. The highest BCUT2D eigenvalue weighted by atomic mass is 16.3. The standard InChI is InChI=1S/C10H15NO3/c1-6(2)8(5-12)11-9(13)4-7(3)10(11)14/h4,6,8,12H,5H2,1-3H3. The number of aliphatic hydroxyl groups excluding tert-OH is 1. The number of imide groups is 1. The third-order valence-electron chi connectivity index (χ3n) is 2.42. The summed E-state index contributed by atoms with van der Waals surface area (Å²) in [7, 11) is 0. The van der Waals surface area contributed by atoms with Gasteiger partial charge in [0.2, 0.25) is 0 Å². The van der Waals surface area contributed by atoms with E-state index in [0.717, 1.165) is 4.90 Å². The van der Waals surface area contributed by atoms with Crippen molar-refractivity contribution in [2.45, 2.75) is 26.8 Å². The van der Waals surface area contributed by atoms with Crippen molar-refractivity contribution in [3.8, 4) is 0 Å². The van der Waals surface area contributed by atoms with Gasteiger partial charge in [-0.1, -0.05) is 13.8 Å². The van der Waals surface area contributed by atoms with Crippen LogP contribution in [0, 0.1) is 5.92 Å². The third-order valence-corrected chi connectivity index (χ3v) is 2.42. The molecule has 0 radical (unpaired) electrons. The summed E-state index contributed by atoms with van der Waals surface area (Å²) in [5, 5.41) is 9.11. The first-order valence-electron chi connectivity index (χ1n) is 4.65. The van der Waals surface area contributed by atoms with Crippen molar-refractivity contribution in [3.63, 3.8) is 0 Å². The fraction of sp³-hybridized carbons (Fsp3) is 0.600. The quantitative estimate of drug-likeness (QED) is 0.663. The fourth-order valence-electron chi connectivity index (χ4n) is 1.51. The molecular weight excluding hydrogens is 182 g/mol. The van der Waals surface area contributed by atoms with Crippen molar-refractivity contribution >= 4 is 11.8 Å². The second kappa shape index (κ2) is 3.92. The molecule has 4 heteroatoms. The highest BCUT2D eigenvalue weighted by Gasteiger charge is 2.35. The first kappa shape index (κ1) is 10.9. The van der Waals surface area contributed by atoms with Gasteiger partial charge in [0.25, 0.3) is 11.8 Å². The molecule has 0 spiro atoms. The SMILES string of the molecule is CC1=CC(=O)N(C(CO)C(C)C)C1=O. The maximum absolute atomic E-state index is 11.5. The lowest BCUT2D eigenvalue weighted by Gasteiger charge is -2.27. The Hall–Kier alpha value is -1.16. The molecular formula is C10H15NO3. The average Bonchev–Trinajstić information content (AvgIpc) is 2.32. The van der Waals surface area contributed by atoms with Gasteiger partial charge in [-0.05, 0) is 12.8 Å². The molecule has 14 heavy (non-hydrogen) atoms. The number of rotatable bonds is 3. The number of amides is 2. The number of carbonyl (C=O) groups excluding carboxylic acids is 2. The molecule has 4 nitrogen and oxygen atoms in total. The van der Waals surface area contributed by atoms with Gasteiger partial charge in [-0.15, -0.1) is 0 Å². The fourth-order valence-corrected chi connectivity index (χ4v) is 1.51. The first-order chi connectivity index (χ1) is 6.49. The summed E-state index contributed by atoms with van der Waals surface area (Å²) in [6.45, 7) is 5.16. The van der Waals surface area contributed by atoms with Crippen molar-refractivity contribution in [2.24, 2.45) is 5.92 Å². The van der Waals surface area contributed by atoms with Crippen LogP contribution in [0.3, 0.4) is 0 Å². The van der Waals surface area contributed by atoms with Crippen LogP contribution in [0.4, 0.5) is 0 Å². The summed E-state index contributed by atoms with van der Waals surface area (Å²) in [4.78, 5) is 24.1. The molecule has 0 saturated carbocycles. The second-order valence-electron chi connectivity index (χ2n) is 3.83. The van der Waals surface area contributed by atoms with Gasteiger partial charge in [-0.25, -0.2) is 0 Å². The lowest BCUT2D eigenvalue weighted by molar-refractivity contribution is -0.142. The summed E-state index contributed by atoms with van der Waals surface area (Å²) in [6.07, 6.45) is 1.31. The van der Waals surface area contributed by atoms with Crippen molar-refractivity contribution in [1.29, 1.82) is 0 Å². The Morgan fingerprint density at radius 2 is 2.00 bits per heavy atom. The number of hydrogen-bond donors (Lipinski definition) is 1. The molecule has 1 rings (SSSR count). The Bertz CT molecular complexity index is 294. The minimum Gasteiger partial charge on any atom is -0.394 e. The molecule has 1 N–H and O–H groups in total. The highest BCUT2D eigenvalue weighted by Crippen LogP contribution is 2.19. The number of carbonyl (C=O) groups is 2. The highest BCUT2D eigenvalue weighted by molar-refractivity contribution is 6.16. The summed E-state index contributed by atoms with van der Waals surface area (Å²) in [5.74, 6) is -0.546. The van der Waals surface area contributed by atoms with Crippen LogP contribution in [0.1, 0.15) is 20.8 Å². The Kier molecular flexibility index (Phi) is 3.06. The van der Waals surface area contributed by atoms with Gasteiger partial charge in [0.15, 0.2) is 0 Å². The first-order valence-corrected chi connectivity index (χ1v) is 4.65. The molecule has 0 aliphatic carbocycles. The van der Waals surface area contributed by atoms with Gasteiger partial charge in [0.05, 0.1) is 12.6 Å². The van der Waals surface area contributed by atoms with E-state index in [4.69, 9.17) is 5.11 Å². The van der Waals surface area contributed by atoms with Crippen LogP contribution in [-0.4, -0.2) is 34.5 Å². The van der Waals surface area contributed by atoms with E-state index in [-0.39, 0.29) is 24.3 Å². The summed E-state index contributed by atoms with van der Waals surface area (Å²) >= 11 is 0. The Balaban J connectivity index is 2.89. The molecule has 0 saturated heterocycles. The van der Waals surface area contributed by atoms with E-state index in [9.17, 15) is 9.59 Å². The largest absolute Gasteiger partial charge is 0.394 e. The molecule has 1 aliphatic heterocycles. The molecule has 0 aromatic heterocycles. The van der Waals surface area contributed by atoms with Crippen molar-refractivity contribution in [1.82, 2.24) is 4.90 Å². The molecule has 1 unspecified atom stereocenters. The topological polar surface area (TPSA) is 57.6 Å². The molecule has 1 aliphatic rings. The van der Waals surface area contributed by atoms with E-state index in [1.807, 2.05) is 13.8 Å². The second-order valence-corrected chi connectivity index (χ2v) is 3.83. The number of nitrogens with zero attached hydrogens (tertiary/aromatic N) is 1. The Morgan fingerprint density at radius 1 is 1.43 bits per heavy atom. The Morgan fingerprint density at radius 3 is 2.29 bits per heavy atom. The minimum absolute atomic E-state index is 0.0622.